The first-order chi connectivity index (χ1) is 7.29. The van der Waals surface area contributed by atoms with E-state index >= 15 is 0 Å². The lowest BCUT2D eigenvalue weighted by molar-refractivity contribution is 1.11. The molecule has 0 fully saturated rings. The van der Waals surface area contributed by atoms with E-state index in [4.69, 9.17) is 0 Å². The number of anilines is 1. The zero-order chi connectivity index (χ0) is 10.7. The van der Waals surface area contributed by atoms with E-state index in [2.05, 4.69) is 9.97 Å². The number of rotatable bonds is 2. The molecule has 0 radical (unpaired) electrons. The van der Waals surface area contributed by atoms with Crippen LogP contribution in [0.3, 0.4) is 0 Å². The SMILES string of the molecule is CN(C)c1cccnc1-c1ccccn1. The van der Waals surface area contributed by atoms with Crippen LogP contribution in [0.5, 0.6) is 0 Å². The quantitative estimate of drug-likeness (QED) is 0.742. The van der Waals surface area contributed by atoms with Gasteiger partial charge in [0.2, 0.25) is 0 Å². The van der Waals surface area contributed by atoms with E-state index in [1.165, 1.54) is 0 Å². The highest BCUT2D eigenvalue weighted by molar-refractivity contribution is 5.71. The first-order valence-electron chi connectivity index (χ1n) is 4.83. The minimum Gasteiger partial charge on any atom is -0.376 e. The fourth-order valence-corrected chi connectivity index (χ4v) is 1.46. The van der Waals surface area contributed by atoms with Gasteiger partial charge >= 0.3 is 0 Å². The third-order valence-electron chi connectivity index (χ3n) is 2.18. The van der Waals surface area contributed by atoms with E-state index < -0.39 is 0 Å². The highest BCUT2D eigenvalue weighted by Gasteiger charge is 2.07. The molecule has 0 bridgehead atoms. The Morgan fingerprint density at radius 3 is 2.40 bits per heavy atom. The van der Waals surface area contributed by atoms with Crippen LogP contribution in [0.1, 0.15) is 0 Å². The second-order valence-electron chi connectivity index (χ2n) is 3.48. The van der Waals surface area contributed by atoms with Crippen molar-refractivity contribution in [1.29, 1.82) is 0 Å². The van der Waals surface area contributed by atoms with Crippen LogP contribution in [0.4, 0.5) is 5.69 Å². The van der Waals surface area contributed by atoms with Crippen molar-refractivity contribution in [3.63, 3.8) is 0 Å². The Hall–Kier alpha value is -1.90. The molecule has 3 heteroatoms. The van der Waals surface area contributed by atoms with Crippen molar-refractivity contribution in [2.45, 2.75) is 0 Å². The summed E-state index contributed by atoms with van der Waals surface area (Å²) in [5.74, 6) is 0. The molecule has 2 heterocycles. The molecule has 0 saturated heterocycles. The van der Waals surface area contributed by atoms with Crippen molar-refractivity contribution in [1.82, 2.24) is 9.97 Å². The topological polar surface area (TPSA) is 29.0 Å². The first-order valence-corrected chi connectivity index (χ1v) is 4.83. The van der Waals surface area contributed by atoms with Gasteiger partial charge in [-0.25, -0.2) is 0 Å². The smallest absolute Gasteiger partial charge is 0.112 e. The zero-order valence-electron chi connectivity index (χ0n) is 8.88. The molecule has 0 saturated carbocycles. The Labute approximate surface area is 89.4 Å². The van der Waals surface area contributed by atoms with Gasteiger partial charge in [0, 0.05) is 26.5 Å². The first kappa shape index (κ1) is 9.65. The van der Waals surface area contributed by atoms with E-state index in [-0.39, 0.29) is 0 Å². The Kier molecular flexibility index (Phi) is 2.63. The lowest BCUT2D eigenvalue weighted by atomic mass is 10.2. The summed E-state index contributed by atoms with van der Waals surface area (Å²) in [6, 6.07) is 9.81. The third-order valence-corrected chi connectivity index (χ3v) is 2.18. The third kappa shape index (κ3) is 1.96. The molecule has 0 unspecified atom stereocenters. The van der Waals surface area contributed by atoms with Crippen molar-refractivity contribution in [2.24, 2.45) is 0 Å². The summed E-state index contributed by atoms with van der Waals surface area (Å²) in [5.41, 5.74) is 2.90. The van der Waals surface area contributed by atoms with Gasteiger partial charge in [0.1, 0.15) is 5.69 Å². The van der Waals surface area contributed by atoms with Gasteiger partial charge in [0.25, 0.3) is 0 Å². The number of hydrogen-bond donors (Lipinski definition) is 0. The zero-order valence-corrected chi connectivity index (χ0v) is 8.88. The highest BCUT2D eigenvalue weighted by atomic mass is 15.1. The maximum absolute atomic E-state index is 4.37. The molecule has 2 rings (SSSR count). The summed E-state index contributed by atoms with van der Waals surface area (Å²) < 4.78 is 0. The molecular weight excluding hydrogens is 186 g/mol. The summed E-state index contributed by atoms with van der Waals surface area (Å²) in [4.78, 5) is 10.7. The van der Waals surface area contributed by atoms with Gasteiger partial charge in [0.05, 0.1) is 11.4 Å². The predicted octanol–water partition coefficient (Wildman–Crippen LogP) is 2.21. The van der Waals surface area contributed by atoms with Crippen molar-refractivity contribution in [3.05, 3.63) is 42.7 Å². The Morgan fingerprint density at radius 2 is 1.73 bits per heavy atom. The van der Waals surface area contributed by atoms with Crippen LogP contribution in [0.25, 0.3) is 11.4 Å². The summed E-state index contributed by atoms with van der Waals surface area (Å²) in [5, 5.41) is 0. The molecule has 0 aromatic carbocycles. The molecule has 3 nitrogen and oxygen atoms in total. The van der Waals surface area contributed by atoms with Gasteiger partial charge in [-0.2, -0.15) is 0 Å². The minimum absolute atomic E-state index is 0.904. The van der Waals surface area contributed by atoms with Crippen molar-refractivity contribution >= 4 is 5.69 Å². The van der Waals surface area contributed by atoms with Crippen LogP contribution in [0.2, 0.25) is 0 Å². The molecule has 0 amide bonds. The molecule has 2 aromatic heterocycles. The average Bonchev–Trinajstić information content (AvgIpc) is 2.30. The molecule has 0 aliphatic carbocycles. The Bertz CT molecular complexity index is 438. The minimum atomic E-state index is 0.904. The Balaban J connectivity index is 2.53. The fraction of sp³-hybridized carbons (Fsp3) is 0.167. The molecule has 0 atom stereocenters. The maximum atomic E-state index is 4.37. The molecule has 0 N–H and O–H groups in total. The number of nitrogens with zero attached hydrogens (tertiary/aromatic N) is 3. The largest absolute Gasteiger partial charge is 0.376 e. The predicted molar refractivity (Wildman–Crippen MR) is 61.8 cm³/mol. The molecule has 0 spiro atoms. The second kappa shape index (κ2) is 4.09. The normalized spacial score (nSPS) is 10.0. The number of pyridine rings is 2. The summed E-state index contributed by atoms with van der Waals surface area (Å²) in [6.07, 6.45) is 3.57. The van der Waals surface area contributed by atoms with Gasteiger partial charge in [0.15, 0.2) is 0 Å². The highest BCUT2D eigenvalue weighted by Crippen LogP contribution is 2.24. The van der Waals surface area contributed by atoms with E-state index in [1.807, 2.05) is 49.3 Å². The van der Waals surface area contributed by atoms with E-state index in [9.17, 15) is 0 Å². The van der Waals surface area contributed by atoms with Crippen molar-refractivity contribution < 1.29 is 0 Å². The van der Waals surface area contributed by atoms with Gasteiger partial charge in [-0.15, -0.1) is 0 Å². The van der Waals surface area contributed by atoms with E-state index in [0.717, 1.165) is 17.1 Å². The Morgan fingerprint density at radius 1 is 0.933 bits per heavy atom. The van der Waals surface area contributed by atoms with Gasteiger partial charge < -0.3 is 4.90 Å². The number of aromatic nitrogens is 2. The monoisotopic (exact) mass is 199 g/mol. The number of hydrogen-bond acceptors (Lipinski definition) is 3. The molecule has 0 aliphatic heterocycles. The summed E-state index contributed by atoms with van der Waals surface area (Å²) in [6.45, 7) is 0. The second-order valence-corrected chi connectivity index (χ2v) is 3.48. The summed E-state index contributed by atoms with van der Waals surface area (Å²) in [7, 11) is 4.01. The van der Waals surface area contributed by atoms with Crippen LogP contribution in [0.15, 0.2) is 42.7 Å². The summed E-state index contributed by atoms with van der Waals surface area (Å²) >= 11 is 0. The lowest BCUT2D eigenvalue weighted by Gasteiger charge is -2.15. The van der Waals surface area contributed by atoms with Crippen LogP contribution < -0.4 is 4.90 Å². The van der Waals surface area contributed by atoms with E-state index in [0.29, 0.717) is 0 Å². The fourth-order valence-electron chi connectivity index (χ4n) is 1.46. The van der Waals surface area contributed by atoms with Gasteiger partial charge in [-0.05, 0) is 24.3 Å². The molecule has 15 heavy (non-hydrogen) atoms. The molecule has 2 aromatic rings. The van der Waals surface area contributed by atoms with E-state index in [1.54, 1.807) is 12.4 Å². The molecule has 76 valence electrons. The lowest BCUT2D eigenvalue weighted by Crippen LogP contribution is -2.10. The van der Waals surface area contributed by atoms with Crippen LogP contribution in [0, 0.1) is 0 Å². The van der Waals surface area contributed by atoms with Crippen LogP contribution >= 0.6 is 0 Å². The average molecular weight is 199 g/mol. The van der Waals surface area contributed by atoms with Gasteiger partial charge in [-0.3, -0.25) is 9.97 Å². The molecule has 0 aliphatic rings. The maximum Gasteiger partial charge on any atom is 0.112 e. The van der Waals surface area contributed by atoms with Crippen molar-refractivity contribution in [2.75, 3.05) is 19.0 Å². The van der Waals surface area contributed by atoms with Gasteiger partial charge in [-0.1, -0.05) is 6.07 Å². The van der Waals surface area contributed by atoms with Crippen LogP contribution in [-0.4, -0.2) is 24.1 Å². The molecular formula is C12H13N3. The van der Waals surface area contributed by atoms with Crippen LogP contribution in [-0.2, 0) is 0 Å². The van der Waals surface area contributed by atoms with Crippen molar-refractivity contribution in [3.8, 4) is 11.4 Å². The standard InChI is InChI=1S/C12H13N3/c1-15(2)11-7-5-9-14-12(11)10-6-3-4-8-13-10/h3-9H,1-2H3.